The van der Waals surface area contributed by atoms with Gasteiger partial charge >= 0.3 is 0 Å². The standard InChI is InChI=1S/C26H38BrN/c1-2-3-4-5-20-6-11-22(12-7-20)23-13-8-21(9-14-23)10-15-24-18-26(27)17-16-25(24)19-28/h16-18,20-23H,2-15H2,1H3. The third kappa shape index (κ3) is 6.35. The quantitative estimate of drug-likeness (QED) is 0.369. The van der Waals surface area contributed by atoms with Crippen LogP contribution < -0.4 is 0 Å². The number of unbranched alkanes of at least 4 members (excludes halogenated alkanes) is 2. The van der Waals surface area contributed by atoms with Gasteiger partial charge in [0.25, 0.3) is 0 Å². The van der Waals surface area contributed by atoms with Crippen LogP contribution in [0.15, 0.2) is 22.7 Å². The minimum atomic E-state index is 0.854. The molecule has 2 aliphatic carbocycles. The molecule has 2 saturated carbocycles. The van der Waals surface area contributed by atoms with Gasteiger partial charge in [-0.15, -0.1) is 0 Å². The van der Waals surface area contributed by atoms with E-state index in [1.54, 1.807) is 0 Å². The molecule has 0 unspecified atom stereocenters. The molecule has 0 N–H and O–H groups in total. The molecule has 2 aliphatic rings. The van der Waals surface area contributed by atoms with E-state index in [-0.39, 0.29) is 0 Å². The molecular formula is C26H38BrN. The molecule has 0 spiro atoms. The number of halogens is 1. The maximum absolute atomic E-state index is 9.34. The zero-order valence-electron chi connectivity index (χ0n) is 17.8. The van der Waals surface area contributed by atoms with Crippen molar-refractivity contribution < 1.29 is 0 Å². The maximum Gasteiger partial charge on any atom is 0.0994 e. The Bertz CT molecular complexity index is 630. The molecule has 0 amide bonds. The summed E-state index contributed by atoms with van der Waals surface area (Å²) in [6, 6.07) is 8.43. The fraction of sp³-hybridized carbons (Fsp3) is 0.731. The van der Waals surface area contributed by atoms with Crippen molar-refractivity contribution in [1.29, 1.82) is 5.26 Å². The SMILES string of the molecule is CCCCCC1CCC(C2CCC(CCc3cc(Br)ccc3C#N)CC2)CC1. The zero-order valence-corrected chi connectivity index (χ0v) is 19.4. The van der Waals surface area contributed by atoms with E-state index >= 15 is 0 Å². The van der Waals surface area contributed by atoms with Crippen molar-refractivity contribution in [3.8, 4) is 6.07 Å². The molecular weight excluding hydrogens is 406 g/mol. The second-order valence-corrected chi connectivity index (χ2v) is 10.4. The van der Waals surface area contributed by atoms with Crippen LogP contribution in [-0.2, 0) is 6.42 Å². The van der Waals surface area contributed by atoms with E-state index in [0.29, 0.717) is 0 Å². The Morgan fingerprint density at radius 3 is 2.07 bits per heavy atom. The summed E-state index contributed by atoms with van der Waals surface area (Å²) >= 11 is 3.56. The molecule has 0 radical (unpaired) electrons. The number of hydrogen-bond acceptors (Lipinski definition) is 1. The fourth-order valence-electron chi connectivity index (χ4n) is 5.82. The van der Waals surface area contributed by atoms with Crippen molar-refractivity contribution in [3.63, 3.8) is 0 Å². The smallest absolute Gasteiger partial charge is 0.0994 e. The summed E-state index contributed by atoms with van der Waals surface area (Å²) < 4.78 is 1.09. The Balaban J connectivity index is 1.37. The van der Waals surface area contributed by atoms with Crippen molar-refractivity contribution >= 4 is 15.9 Å². The van der Waals surface area contributed by atoms with Gasteiger partial charge in [-0.1, -0.05) is 74.2 Å². The van der Waals surface area contributed by atoms with E-state index in [4.69, 9.17) is 0 Å². The van der Waals surface area contributed by atoms with Gasteiger partial charge in [-0.05, 0) is 86.0 Å². The lowest BCUT2D eigenvalue weighted by atomic mass is 9.68. The second kappa shape index (κ2) is 11.4. The van der Waals surface area contributed by atoms with Gasteiger partial charge in [0.1, 0.15) is 0 Å². The molecule has 0 heterocycles. The summed E-state index contributed by atoms with van der Waals surface area (Å²) in [5.41, 5.74) is 2.08. The Hall–Kier alpha value is -0.810. The second-order valence-electron chi connectivity index (χ2n) is 9.51. The van der Waals surface area contributed by atoms with Crippen LogP contribution in [0.2, 0.25) is 0 Å². The summed E-state index contributed by atoms with van der Waals surface area (Å²) in [4.78, 5) is 0. The molecule has 0 aliphatic heterocycles. The molecule has 1 nitrogen and oxygen atoms in total. The molecule has 3 rings (SSSR count). The number of aryl methyl sites for hydroxylation is 1. The van der Waals surface area contributed by atoms with Crippen LogP contribution in [0.3, 0.4) is 0 Å². The van der Waals surface area contributed by atoms with Crippen LogP contribution in [0.1, 0.15) is 102 Å². The minimum absolute atomic E-state index is 0.854. The van der Waals surface area contributed by atoms with Gasteiger partial charge in [0.2, 0.25) is 0 Å². The highest BCUT2D eigenvalue weighted by molar-refractivity contribution is 9.10. The van der Waals surface area contributed by atoms with Gasteiger partial charge in [0.15, 0.2) is 0 Å². The van der Waals surface area contributed by atoms with Gasteiger partial charge in [-0.3, -0.25) is 0 Å². The van der Waals surface area contributed by atoms with Crippen molar-refractivity contribution in [2.75, 3.05) is 0 Å². The number of nitrogens with zero attached hydrogens (tertiary/aromatic N) is 1. The predicted octanol–water partition coefficient (Wildman–Crippen LogP) is 8.45. The molecule has 0 aromatic heterocycles. The highest BCUT2D eigenvalue weighted by atomic mass is 79.9. The first-order valence-corrected chi connectivity index (χ1v) is 12.7. The van der Waals surface area contributed by atoms with E-state index < -0.39 is 0 Å². The zero-order chi connectivity index (χ0) is 19.8. The van der Waals surface area contributed by atoms with Gasteiger partial charge in [-0.25, -0.2) is 0 Å². The van der Waals surface area contributed by atoms with E-state index in [1.165, 1.54) is 89.0 Å². The van der Waals surface area contributed by atoms with E-state index in [1.807, 2.05) is 12.1 Å². The van der Waals surface area contributed by atoms with E-state index in [0.717, 1.165) is 40.1 Å². The topological polar surface area (TPSA) is 23.8 Å². The van der Waals surface area contributed by atoms with Crippen LogP contribution >= 0.6 is 15.9 Å². The van der Waals surface area contributed by atoms with Gasteiger partial charge in [0, 0.05) is 4.47 Å². The summed E-state index contributed by atoms with van der Waals surface area (Å²) in [7, 11) is 0. The third-order valence-corrected chi connectivity index (χ3v) is 8.17. The molecule has 2 fully saturated rings. The number of nitriles is 1. The Morgan fingerprint density at radius 1 is 0.893 bits per heavy atom. The van der Waals surface area contributed by atoms with Crippen LogP contribution in [0.4, 0.5) is 0 Å². The summed E-state index contributed by atoms with van der Waals surface area (Å²) in [5, 5.41) is 9.34. The van der Waals surface area contributed by atoms with E-state index in [2.05, 4.69) is 35.0 Å². The van der Waals surface area contributed by atoms with Crippen LogP contribution in [0.5, 0.6) is 0 Å². The maximum atomic E-state index is 9.34. The average Bonchev–Trinajstić information content (AvgIpc) is 2.73. The van der Waals surface area contributed by atoms with Crippen LogP contribution in [-0.4, -0.2) is 0 Å². The van der Waals surface area contributed by atoms with Crippen molar-refractivity contribution in [2.24, 2.45) is 23.7 Å². The lowest BCUT2D eigenvalue weighted by molar-refractivity contribution is 0.140. The van der Waals surface area contributed by atoms with Crippen LogP contribution in [0.25, 0.3) is 0 Å². The number of hydrogen-bond donors (Lipinski definition) is 0. The van der Waals surface area contributed by atoms with Crippen molar-refractivity contribution in [1.82, 2.24) is 0 Å². The molecule has 0 bridgehead atoms. The van der Waals surface area contributed by atoms with Gasteiger partial charge in [0.05, 0.1) is 11.6 Å². The van der Waals surface area contributed by atoms with Gasteiger partial charge < -0.3 is 0 Å². The van der Waals surface area contributed by atoms with Crippen LogP contribution in [0, 0.1) is 35.0 Å². The average molecular weight is 445 g/mol. The largest absolute Gasteiger partial charge is 0.192 e. The van der Waals surface area contributed by atoms with Crippen molar-refractivity contribution in [3.05, 3.63) is 33.8 Å². The Morgan fingerprint density at radius 2 is 1.50 bits per heavy atom. The molecule has 0 saturated heterocycles. The minimum Gasteiger partial charge on any atom is -0.192 e. The lowest BCUT2D eigenvalue weighted by Gasteiger charge is -2.38. The first-order chi connectivity index (χ1) is 13.7. The van der Waals surface area contributed by atoms with E-state index in [9.17, 15) is 5.26 Å². The molecule has 1 aromatic rings. The normalized spacial score (nSPS) is 28.0. The fourth-order valence-corrected chi connectivity index (χ4v) is 6.23. The summed E-state index contributed by atoms with van der Waals surface area (Å²) in [6.07, 6.45) is 19.8. The molecule has 154 valence electrons. The monoisotopic (exact) mass is 443 g/mol. The highest BCUT2D eigenvalue weighted by Crippen LogP contribution is 2.43. The Labute approximate surface area is 181 Å². The number of rotatable bonds is 8. The molecule has 28 heavy (non-hydrogen) atoms. The number of benzene rings is 1. The molecule has 0 atom stereocenters. The predicted molar refractivity (Wildman–Crippen MR) is 122 cm³/mol. The lowest BCUT2D eigenvalue weighted by Crippen LogP contribution is -2.26. The highest BCUT2D eigenvalue weighted by Gasteiger charge is 2.30. The Kier molecular flexibility index (Phi) is 8.91. The summed E-state index contributed by atoms with van der Waals surface area (Å²) in [6.45, 7) is 2.31. The third-order valence-electron chi connectivity index (χ3n) is 7.68. The first-order valence-electron chi connectivity index (χ1n) is 11.9. The van der Waals surface area contributed by atoms with Crippen molar-refractivity contribution in [2.45, 2.75) is 96.8 Å². The molecule has 1 aromatic carbocycles. The first kappa shape index (κ1) is 21.9. The summed E-state index contributed by atoms with van der Waals surface area (Å²) in [5.74, 6) is 3.94. The molecule has 2 heteroatoms. The van der Waals surface area contributed by atoms with Gasteiger partial charge in [-0.2, -0.15) is 5.26 Å².